The minimum Gasteiger partial charge on any atom is -0.506 e. The second-order valence-electron chi connectivity index (χ2n) is 5.81. The van der Waals surface area contributed by atoms with Crippen molar-refractivity contribution in [2.75, 3.05) is 13.2 Å². The summed E-state index contributed by atoms with van der Waals surface area (Å²) in [5.74, 6) is 0.648. The van der Waals surface area contributed by atoms with Crippen molar-refractivity contribution in [1.29, 1.82) is 0 Å². The van der Waals surface area contributed by atoms with Crippen molar-refractivity contribution < 1.29 is 14.6 Å². The van der Waals surface area contributed by atoms with Crippen LogP contribution in [0.5, 0.6) is 11.5 Å². The number of nitrogens with zero attached hydrogens (tertiary/aromatic N) is 2. The fourth-order valence-corrected chi connectivity index (χ4v) is 4.49. The summed E-state index contributed by atoms with van der Waals surface area (Å²) in [4.78, 5) is 19.4. The predicted octanol–water partition coefficient (Wildman–Crippen LogP) is 5.83. The zero-order chi connectivity index (χ0) is 20.3. The molecule has 0 unspecified atom stereocenters. The third-order valence-corrected chi connectivity index (χ3v) is 5.75. The molecule has 5 nitrogen and oxygen atoms in total. The minimum absolute atomic E-state index is 0.0326. The summed E-state index contributed by atoms with van der Waals surface area (Å²) < 4.78 is 5.91. The lowest BCUT2D eigenvalue weighted by Gasteiger charge is -2.12. The van der Waals surface area contributed by atoms with Gasteiger partial charge >= 0.3 is 0 Å². The van der Waals surface area contributed by atoms with Gasteiger partial charge in [-0.1, -0.05) is 11.6 Å². The number of likely N-dealkylation sites (N-methyl/N-ethyl adjacent to an activating group) is 1. The van der Waals surface area contributed by atoms with E-state index in [-0.39, 0.29) is 11.7 Å². The van der Waals surface area contributed by atoms with Crippen molar-refractivity contribution in [2.24, 2.45) is 4.99 Å². The van der Waals surface area contributed by atoms with Gasteiger partial charge in [0.2, 0.25) is 0 Å². The van der Waals surface area contributed by atoms with Gasteiger partial charge in [0.15, 0.2) is 5.17 Å². The van der Waals surface area contributed by atoms with Crippen molar-refractivity contribution in [2.45, 2.75) is 13.8 Å². The molecule has 0 aromatic heterocycles. The number of phenolic OH excluding ortho intramolecular Hbond substituents is 1. The number of phenols is 1. The van der Waals surface area contributed by atoms with Crippen molar-refractivity contribution in [1.82, 2.24) is 4.90 Å². The molecule has 1 fully saturated rings. The maximum absolute atomic E-state index is 12.8. The Bertz CT molecular complexity index is 961. The monoisotopic (exact) mass is 480 g/mol. The number of amides is 1. The number of benzene rings is 2. The van der Waals surface area contributed by atoms with E-state index in [1.807, 2.05) is 38.1 Å². The first-order valence-electron chi connectivity index (χ1n) is 8.64. The minimum atomic E-state index is -0.160. The normalized spacial score (nSPS) is 17.0. The number of rotatable bonds is 5. The van der Waals surface area contributed by atoms with E-state index in [1.54, 1.807) is 23.1 Å². The maximum atomic E-state index is 12.8. The van der Waals surface area contributed by atoms with Crippen LogP contribution in [0, 0.1) is 0 Å². The number of carbonyl (C=O) groups is 1. The molecular formula is C20H18BrClN2O3S. The van der Waals surface area contributed by atoms with E-state index < -0.39 is 0 Å². The molecule has 1 amide bonds. The number of halogens is 2. The fourth-order valence-electron chi connectivity index (χ4n) is 2.60. The van der Waals surface area contributed by atoms with Crippen molar-refractivity contribution >= 4 is 62.1 Å². The van der Waals surface area contributed by atoms with Crippen LogP contribution in [0.1, 0.15) is 19.4 Å². The van der Waals surface area contributed by atoms with E-state index in [9.17, 15) is 9.90 Å². The lowest BCUT2D eigenvalue weighted by atomic mass is 10.2. The molecule has 0 aliphatic carbocycles. The smallest absolute Gasteiger partial charge is 0.266 e. The summed E-state index contributed by atoms with van der Waals surface area (Å²) in [7, 11) is 0. The molecule has 3 rings (SSSR count). The summed E-state index contributed by atoms with van der Waals surface area (Å²) in [5, 5.41) is 11.3. The van der Waals surface area contributed by atoms with Crippen LogP contribution in [0.25, 0.3) is 6.08 Å². The summed E-state index contributed by atoms with van der Waals surface area (Å²) >= 11 is 10.6. The number of amidine groups is 1. The average Bonchev–Trinajstić information content (AvgIpc) is 2.95. The molecule has 1 N–H and O–H groups in total. The third-order valence-electron chi connectivity index (χ3n) is 3.92. The van der Waals surface area contributed by atoms with Crippen LogP contribution in [0.15, 0.2) is 50.8 Å². The molecular weight excluding hydrogens is 464 g/mol. The number of carbonyl (C=O) groups excluding carboxylic acids is 1. The Hall–Kier alpha value is -1.96. The van der Waals surface area contributed by atoms with E-state index in [0.717, 1.165) is 11.4 Å². The van der Waals surface area contributed by atoms with E-state index in [1.165, 1.54) is 11.8 Å². The molecule has 2 aromatic rings. The fraction of sp³-hybridized carbons (Fsp3) is 0.200. The highest BCUT2D eigenvalue weighted by Gasteiger charge is 2.32. The van der Waals surface area contributed by atoms with Crippen LogP contribution < -0.4 is 4.74 Å². The molecule has 146 valence electrons. The highest BCUT2D eigenvalue weighted by molar-refractivity contribution is 9.10. The molecule has 0 bridgehead atoms. The van der Waals surface area contributed by atoms with Crippen LogP contribution >= 0.6 is 39.3 Å². The van der Waals surface area contributed by atoms with Gasteiger partial charge in [-0.25, -0.2) is 4.99 Å². The number of ether oxygens (including phenoxy) is 1. The Labute approximate surface area is 181 Å². The maximum Gasteiger partial charge on any atom is 0.266 e. The molecule has 0 spiro atoms. The zero-order valence-electron chi connectivity index (χ0n) is 15.3. The lowest BCUT2D eigenvalue weighted by molar-refractivity contribution is -0.122. The summed E-state index contributed by atoms with van der Waals surface area (Å²) in [6.45, 7) is 4.91. The van der Waals surface area contributed by atoms with Crippen LogP contribution in [-0.4, -0.2) is 34.2 Å². The summed E-state index contributed by atoms with van der Waals surface area (Å²) in [6.07, 6.45) is 1.63. The van der Waals surface area contributed by atoms with Crippen molar-refractivity contribution in [3.8, 4) is 11.5 Å². The number of aromatic hydroxyl groups is 1. The van der Waals surface area contributed by atoms with Crippen molar-refractivity contribution in [3.05, 3.63) is 56.4 Å². The van der Waals surface area contributed by atoms with Gasteiger partial charge in [-0.3, -0.25) is 9.69 Å². The molecule has 2 aromatic carbocycles. The molecule has 0 atom stereocenters. The standard InChI is InChI=1S/C20H18BrClN2O3S/c1-3-24-19(26)17(10-12-9-13(22)11-16(21)18(12)25)28-20(24)23-14-5-7-15(8-6-14)27-4-2/h5-11,25H,3-4H2,1-2H3. The van der Waals surface area contributed by atoms with Gasteiger partial charge in [0, 0.05) is 17.1 Å². The molecule has 0 saturated carbocycles. The van der Waals surface area contributed by atoms with E-state index in [4.69, 9.17) is 16.3 Å². The largest absolute Gasteiger partial charge is 0.506 e. The molecule has 0 radical (unpaired) electrons. The summed E-state index contributed by atoms with van der Waals surface area (Å²) in [5.41, 5.74) is 1.19. The van der Waals surface area contributed by atoms with Gasteiger partial charge in [-0.15, -0.1) is 0 Å². The molecule has 1 saturated heterocycles. The number of thioether (sulfide) groups is 1. The molecule has 1 aliphatic heterocycles. The average molecular weight is 482 g/mol. The zero-order valence-corrected chi connectivity index (χ0v) is 18.4. The van der Waals surface area contributed by atoms with Gasteiger partial charge in [0.25, 0.3) is 5.91 Å². The second kappa shape index (κ2) is 9.03. The van der Waals surface area contributed by atoms with Gasteiger partial charge < -0.3 is 9.84 Å². The molecule has 28 heavy (non-hydrogen) atoms. The molecule has 8 heteroatoms. The van der Waals surface area contributed by atoms with Crippen LogP contribution in [-0.2, 0) is 4.79 Å². The van der Waals surface area contributed by atoms with Gasteiger partial charge in [-0.05, 0) is 84.0 Å². The van der Waals surface area contributed by atoms with Gasteiger partial charge in [0.05, 0.1) is 21.7 Å². The van der Waals surface area contributed by atoms with E-state index in [2.05, 4.69) is 20.9 Å². The van der Waals surface area contributed by atoms with Crippen LogP contribution in [0.4, 0.5) is 5.69 Å². The van der Waals surface area contributed by atoms with Crippen molar-refractivity contribution in [3.63, 3.8) is 0 Å². The Morgan fingerprint density at radius 3 is 2.64 bits per heavy atom. The highest BCUT2D eigenvalue weighted by atomic mass is 79.9. The Morgan fingerprint density at radius 2 is 2.00 bits per heavy atom. The first-order valence-corrected chi connectivity index (χ1v) is 10.6. The Kier molecular flexibility index (Phi) is 6.69. The SMILES string of the molecule is CCOc1ccc(N=C2SC(=Cc3cc(Cl)cc(Br)c3O)C(=O)N2CC)cc1. The first-order chi connectivity index (χ1) is 13.4. The lowest BCUT2D eigenvalue weighted by Crippen LogP contribution is -2.28. The molecule has 1 aliphatic rings. The molecule has 1 heterocycles. The highest BCUT2D eigenvalue weighted by Crippen LogP contribution is 2.38. The second-order valence-corrected chi connectivity index (χ2v) is 8.11. The quantitative estimate of drug-likeness (QED) is 0.546. The van der Waals surface area contributed by atoms with E-state index in [0.29, 0.717) is 38.3 Å². The van der Waals surface area contributed by atoms with Gasteiger partial charge in [-0.2, -0.15) is 0 Å². The number of aliphatic imine (C=N–C) groups is 1. The third kappa shape index (κ3) is 4.54. The van der Waals surface area contributed by atoms with Gasteiger partial charge in [0.1, 0.15) is 11.5 Å². The first kappa shape index (κ1) is 20.8. The Morgan fingerprint density at radius 1 is 1.29 bits per heavy atom. The topological polar surface area (TPSA) is 62.1 Å². The Balaban J connectivity index is 1.92. The van der Waals surface area contributed by atoms with Crippen LogP contribution in [0.3, 0.4) is 0 Å². The van der Waals surface area contributed by atoms with Crippen LogP contribution in [0.2, 0.25) is 5.02 Å². The predicted molar refractivity (Wildman–Crippen MR) is 118 cm³/mol. The number of hydrogen-bond donors (Lipinski definition) is 1. The van der Waals surface area contributed by atoms with E-state index >= 15 is 0 Å². The number of hydrogen-bond acceptors (Lipinski definition) is 5. The summed E-state index contributed by atoms with van der Waals surface area (Å²) in [6, 6.07) is 10.6.